The molecule has 5 nitrogen and oxygen atoms in total. The molecule has 0 atom stereocenters. The van der Waals surface area contributed by atoms with Crippen molar-refractivity contribution in [2.45, 2.75) is 77.9 Å². The summed E-state index contributed by atoms with van der Waals surface area (Å²) in [7, 11) is 1.81. The largest absolute Gasteiger partial charge is 0.378 e. The number of ether oxygens (including phenoxy) is 1. The molecule has 1 aromatic rings. The third-order valence-corrected chi connectivity index (χ3v) is 5.73. The van der Waals surface area contributed by atoms with E-state index in [0.717, 1.165) is 49.2 Å². The van der Waals surface area contributed by atoms with Gasteiger partial charge >= 0.3 is 0 Å². The van der Waals surface area contributed by atoms with Gasteiger partial charge in [-0.1, -0.05) is 25.7 Å². The first-order valence-electron chi connectivity index (χ1n) is 9.68. The zero-order valence-electron chi connectivity index (χ0n) is 16.1. The first-order chi connectivity index (χ1) is 12.2. The second-order valence-corrected chi connectivity index (χ2v) is 8.07. The third-order valence-electron chi connectivity index (χ3n) is 4.66. The number of nitrogens with one attached hydrogen (secondary N) is 2. The standard InChI is InChI=1S/C19H34N4OS/c1-15-18(25-16(2)23-15)14-22-19(20-3)21-12-8-9-13-24-17-10-6-4-5-7-11-17/h17H,4-14H2,1-3H3,(H2,20,21,22). The maximum Gasteiger partial charge on any atom is 0.191 e. The van der Waals surface area contributed by atoms with E-state index in [1.165, 1.54) is 43.4 Å². The topological polar surface area (TPSA) is 58.5 Å². The minimum absolute atomic E-state index is 0.510. The number of aromatic nitrogens is 1. The second kappa shape index (κ2) is 11.5. The predicted molar refractivity (Wildman–Crippen MR) is 106 cm³/mol. The average molecular weight is 367 g/mol. The molecule has 0 aromatic carbocycles. The molecule has 1 aliphatic rings. The van der Waals surface area contributed by atoms with Crippen LogP contribution in [0.25, 0.3) is 0 Å². The van der Waals surface area contributed by atoms with Crippen molar-refractivity contribution in [3.05, 3.63) is 15.6 Å². The molecule has 0 bridgehead atoms. The first-order valence-corrected chi connectivity index (χ1v) is 10.5. The number of unbranched alkanes of at least 4 members (excludes halogenated alkanes) is 1. The van der Waals surface area contributed by atoms with E-state index < -0.39 is 0 Å². The van der Waals surface area contributed by atoms with E-state index in [2.05, 4.69) is 27.5 Å². The van der Waals surface area contributed by atoms with Crippen LogP contribution in [-0.2, 0) is 11.3 Å². The summed E-state index contributed by atoms with van der Waals surface area (Å²) in [5.74, 6) is 0.857. The number of rotatable bonds is 8. The van der Waals surface area contributed by atoms with Crippen molar-refractivity contribution in [1.29, 1.82) is 0 Å². The molecule has 0 aliphatic heterocycles. The lowest BCUT2D eigenvalue weighted by Gasteiger charge is -2.15. The molecule has 1 heterocycles. The highest BCUT2D eigenvalue weighted by Crippen LogP contribution is 2.20. The van der Waals surface area contributed by atoms with E-state index in [0.29, 0.717) is 6.10 Å². The number of guanidine groups is 1. The Bertz CT molecular complexity index is 521. The van der Waals surface area contributed by atoms with Crippen molar-refractivity contribution < 1.29 is 4.74 Å². The zero-order valence-corrected chi connectivity index (χ0v) is 16.9. The Morgan fingerprint density at radius 2 is 1.92 bits per heavy atom. The Labute approximate surface area is 156 Å². The molecular weight excluding hydrogens is 332 g/mol. The van der Waals surface area contributed by atoms with Gasteiger partial charge in [-0.2, -0.15) is 0 Å². The maximum atomic E-state index is 6.04. The lowest BCUT2D eigenvalue weighted by Crippen LogP contribution is -2.37. The fraction of sp³-hybridized carbons (Fsp3) is 0.789. The van der Waals surface area contributed by atoms with Crippen LogP contribution in [-0.4, -0.2) is 37.2 Å². The maximum absolute atomic E-state index is 6.04. The van der Waals surface area contributed by atoms with Crippen molar-refractivity contribution in [2.24, 2.45) is 4.99 Å². The van der Waals surface area contributed by atoms with Crippen molar-refractivity contribution in [1.82, 2.24) is 15.6 Å². The molecule has 6 heteroatoms. The SMILES string of the molecule is CN=C(NCCCCOC1CCCCCC1)NCc1sc(C)nc1C. The number of nitrogens with zero attached hydrogens (tertiary/aromatic N) is 2. The highest BCUT2D eigenvalue weighted by molar-refractivity contribution is 7.11. The van der Waals surface area contributed by atoms with Gasteiger partial charge in [-0.3, -0.25) is 4.99 Å². The molecule has 0 amide bonds. The van der Waals surface area contributed by atoms with Crippen LogP contribution in [0.3, 0.4) is 0 Å². The molecule has 1 aromatic heterocycles. The molecule has 0 radical (unpaired) electrons. The van der Waals surface area contributed by atoms with Gasteiger partial charge in [0.2, 0.25) is 0 Å². The molecule has 142 valence electrons. The Kier molecular flexibility index (Phi) is 9.26. The number of hydrogen-bond acceptors (Lipinski definition) is 4. The Morgan fingerprint density at radius 3 is 2.56 bits per heavy atom. The summed E-state index contributed by atoms with van der Waals surface area (Å²) < 4.78 is 6.04. The van der Waals surface area contributed by atoms with Crippen molar-refractivity contribution in [3.63, 3.8) is 0 Å². The van der Waals surface area contributed by atoms with Gasteiger partial charge in [0.1, 0.15) is 0 Å². The normalized spacial score (nSPS) is 16.7. The zero-order chi connectivity index (χ0) is 17.9. The van der Waals surface area contributed by atoms with Gasteiger partial charge in [-0.15, -0.1) is 11.3 Å². The molecule has 0 saturated heterocycles. The summed E-state index contributed by atoms with van der Waals surface area (Å²) in [5.41, 5.74) is 1.11. The van der Waals surface area contributed by atoms with E-state index in [1.54, 1.807) is 11.3 Å². The van der Waals surface area contributed by atoms with Crippen LogP contribution in [0, 0.1) is 13.8 Å². The fourth-order valence-electron chi connectivity index (χ4n) is 3.21. The van der Waals surface area contributed by atoms with E-state index in [4.69, 9.17) is 4.74 Å². The molecular formula is C19H34N4OS. The van der Waals surface area contributed by atoms with Crippen molar-refractivity contribution >= 4 is 17.3 Å². The van der Waals surface area contributed by atoms with E-state index in [1.807, 2.05) is 14.0 Å². The summed E-state index contributed by atoms with van der Waals surface area (Å²) in [6, 6.07) is 0. The lowest BCUT2D eigenvalue weighted by molar-refractivity contribution is 0.0411. The van der Waals surface area contributed by atoms with E-state index >= 15 is 0 Å². The fourth-order valence-corrected chi connectivity index (χ4v) is 4.09. The molecule has 1 aliphatic carbocycles. The highest BCUT2D eigenvalue weighted by Gasteiger charge is 2.12. The highest BCUT2D eigenvalue weighted by atomic mass is 32.1. The van der Waals surface area contributed by atoms with Gasteiger partial charge in [0.05, 0.1) is 23.4 Å². The number of aryl methyl sites for hydroxylation is 2. The van der Waals surface area contributed by atoms with Gasteiger partial charge in [-0.05, 0) is 39.5 Å². The Balaban J connectivity index is 1.54. The Morgan fingerprint density at radius 1 is 1.16 bits per heavy atom. The minimum atomic E-state index is 0.510. The number of aliphatic imine (C=N–C) groups is 1. The molecule has 2 N–H and O–H groups in total. The van der Waals surface area contributed by atoms with Crippen LogP contribution in [0.1, 0.15) is 66.9 Å². The summed E-state index contributed by atoms with van der Waals surface area (Å²) in [5, 5.41) is 7.87. The molecule has 1 saturated carbocycles. The van der Waals surface area contributed by atoms with Crippen LogP contribution in [0.2, 0.25) is 0 Å². The van der Waals surface area contributed by atoms with Gasteiger partial charge in [-0.25, -0.2) is 4.98 Å². The van der Waals surface area contributed by atoms with Gasteiger partial charge in [0.25, 0.3) is 0 Å². The van der Waals surface area contributed by atoms with Crippen molar-refractivity contribution in [2.75, 3.05) is 20.2 Å². The summed E-state index contributed by atoms with van der Waals surface area (Å²) in [6.07, 6.45) is 10.7. The minimum Gasteiger partial charge on any atom is -0.378 e. The van der Waals surface area contributed by atoms with Gasteiger partial charge < -0.3 is 15.4 Å². The van der Waals surface area contributed by atoms with Crippen LogP contribution in [0.4, 0.5) is 0 Å². The number of hydrogen-bond donors (Lipinski definition) is 2. The van der Waals surface area contributed by atoms with Crippen LogP contribution in [0.5, 0.6) is 0 Å². The van der Waals surface area contributed by atoms with E-state index in [9.17, 15) is 0 Å². The molecule has 1 fully saturated rings. The molecule has 2 rings (SSSR count). The quantitative estimate of drug-likeness (QED) is 0.317. The lowest BCUT2D eigenvalue weighted by atomic mass is 10.1. The molecule has 0 spiro atoms. The average Bonchev–Trinajstić information content (AvgIpc) is 2.79. The third kappa shape index (κ3) is 7.74. The smallest absolute Gasteiger partial charge is 0.191 e. The predicted octanol–water partition coefficient (Wildman–Crippen LogP) is 3.94. The Hall–Kier alpha value is -1.14. The van der Waals surface area contributed by atoms with Crippen LogP contribution >= 0.6 is 11.3 Å². The van der Waals surface area contributed by atoms with E-state index in [-0.39, 0.29) is 0 Å². The van der Waals surface area contributed by atoms with Gasteiger partial charge in [0.15, 0.2) is 5.96 Å². The van der Waals surface area contributed by atoms with Crippen molar-refractivity contribution in [3.8, 4) is 0 Å². The first kappa shape index (κ1) is 20.2. The van der Waals surface area contributed by atoms with Crippen LogP contribution < -0.4 is 10.6 Å². The summed E-state index contributed by atoms with van der Waals surface area (Å²) >= 11 is 1.74. The van der Waals surface area contributed by atoms with Gasteiger partial charge in [0, 0.05) is 25.1 Å². The molecule has 0 unspecified atom stereocenters. The summed E-state index contributed by atoms with van der Waals surface area (Å²) in [4.78, 5) is 10.0. The van der Waals surface area contributed by atoms with Crippen LogP contribution in [0.15, 0.2) is 4.99 Å². The number of thiazole rings is 1. The molecule has 25 heavy (non-hydrogen) atoms. The monoisotopic (exact) mass is 366 g/mol. The summed E-state index contributed by atoms with van der Waals surface area (Å²) in [6.45, 7) is 6.70. The second-order valence-electron chi connectivity index (χ2n) is 6.79.